The van der Waals surface area contributed by atoms with Gasteiger partial charge in [-0.05, 0) is 13.0 Å². The van der Waals surface area contributed by atoms with Gasteiger partial charge in [0.25, 0.3) is 0 Å². The lowest BCUT2D eigenvalue weighted by atomic mass is 10.4. The standard InChI is InChI=1S/C9H15ClN4O3S/c1-6(5-17-2)14-18(15,16)7-3-8(10)9(13-11)12-4-7/h3-4,6,14H,5,11H2,1-2H3,(H,12,13). The number of nitrogens with zero attached hydrogens (tertiary/aromatic N) is 1. The predicted octanol–water partition coefficient (Wildman–Crippen LogP) is 0.334. The van der Waals surface area contributed by atoms with Gasteiger partial charge in [0.05, 0.1) is 11.6 Å². The lowest BCUT2D eigenvalue weighted by Gasteiger charge is -2.13. The second-order valence-corrected chi connectivity index (χ2v) is 5.74. The van der Waals surface area contributed by atoms with Crippen molar-refractivity contribution >= 4 is 27.4 Å². The number of nitrogen functional groups attached to an aromatic ring is 1. The van der Waals surface area contributed by atoms with Crippen molar-refractivity contribution in [3.8, 4) is 0 Å². The number of hydrazine groups is 1. The van der Waals surface area contributed by atoms with E-state index in [0.29, 0.717) is 0 Å². The molecule has 0 aliphatic carbocycles. The van der Waals surface area contributed by atoms with Crippen molar-refractivity contribution < 1.29 is 13.2 Å². The van der Waals surface area contributed by atoms with Crippen molar-refractivity contribution in [3.63, 3.8) is 0 Å². The van der Waals surface area contributed by atoms with Crippen LogP contribution in [-0.2, 0) is 14.8 Å². The van der Waals surface area contributed by atoms with Crippen LogP contribution in [0.3, 0.4) is 0 Å². The van der Waals surface area contributed by atoms with Crippen LogP contribution in [0.1, 0.15) is 6.92 Å². The molecule has 0 amide bonds. The van der Waals surface area contributed by atoms with Gasteiger partial charge in [-0.15, -0.1) is 0 Å². The second kappa shape index (κ2) is 6.30. The van der Waals surface area contributed by atoms with E-state index in [2.05, 4.69) is 15.1 Å². The van der Waals surface area contributed by atoms with E-state index in [0.717, 1.165) is 0 Å². The third-order valence-corrected chi connectivity index (χ3v) is 3.88. The van der Waals surface area contributed by atoms with E-state index in [9.17, 15) is 8.42 Å². The third kappa shape index (κ3) is 3.79. The monoisotopic (exact) mass is 294 g/mol. The van der Waals surface area contributed by atoms with Crippen molar-refractivity contribution in [3.05, 3.63) is 17.3 Å². The highest BCUT2D eigenvalue weighted by atomic mass is 35.5. The number of aromatic nitrogens is 1. The topological polar surface area (TPSA) is 106 Å². The van der Waals surface area contributed by atoms with Crippen molar-refractivity contribution in [2.24, 2.45) is 5.84 Å². The van der Waals surface area contributed by atoms with E-state index in [-0.39, 0.29) is 28.4 Å². The van der Waals surface area contributed by atoms with Crippen LogP contribution in [-0.4, -0.2) is 33.2 Å². The maximum Gasteiger partial charge on any atom is 0.242 e. The zero-order chi connectivity index (χ0) is 13.8. The fourth-order valence-electron chi connectivity index (χ4n) is 1.29. The summed E-state index contributed by atoms with van der Waals surface area (Å²) in [5.41, 5.74) is 2.26. The highest BCUT2D eigenvalue weighted by Gasteiger charge is 2.19. The molecule has 1 aromatic heterocycles. The lowest BCUT2D eigenvalue weighted by Crippen LogP contribution is -2.35. The molecule has 7 nitrogen and oxygen atoms in total. The molecule has 4 N–H and O–H groups in total. The minimum absolute atomic E-state index is 0.0329. The molecule has 0 saturated heterocycles. The Bertz CT molecular complexity index is 509. The van der Waals surface area contributed by atoms with Gasteiger partial charge >= 0.3 is 0 Å². The average molecular weight is 295 g/mol. The Morgan fingerprint density at radius 1 is 1.61 bits per heavy atom. The van der Waals surface area contributed by atoms with E-state index in [4.69, 9.17) is 22.2 Å². The molecule has 9 heteroatoms. The number of nitrogens with one attached hydrogen (secondary N) is 2. The largest absolute Gasteiger partial charge is 0.383 e. The summed E-state index contributed by atoms with van der Waals surface area (Å²) < 4.78 is 31.2. The SMILES string of the molecule is COCC(C)NS(=O)(=O)c1cnc(NN)c(Cl)c1. The van der Waals surface area contributed by atoms with Gasteiger partial charge in [0, 0.05) is 19.3 Å². The number of nitrogens with two attached hydrogens (primary N) is 1. The van der Waals surface area contributed by atoms with Crippen LogP contribution >= 0.6 is 11.6 Å². The van der Waals surface area contributed by atoms with E-state index >= 15 is 0 Å². The molecule has 1 heterocycles. The van der Waals surface area contributed by atoms with Gasteiger partial charge in [-0.1, -0.05) is 11.6 Å². The molecule has 0 aliphatic heterocycles. The molecule has 1 unspecified atom stereocenters. The van der Waals surface area contributed by atoms with Gasteiger partial charge in [0.1, 0.15) is 4.90 Å². The molecule has 0 aliphatic rings. The van der Waals surface area contributed by atoms with Crippen molar-refractivity contribution in [2.75, 3.05) is 19.1 Å². The summed E-state index contributed by atoms with van der Waals surface area (Å²) in [5, 5.41) is 0.125. The predicted molar refractivity (Wildman–Crippen MR) is 68.7 cm³/mol. The van der Waals surface area contributed by atoms with Crippen LogP contribution in [0.5, 0.6) is 0 Å². The molecule has 0 spiro atoms. The van der Waals surface area contributed by atoms with Gasteiger partial charge in [-0.3, -0.25) is 0 Å². The Kier molecular flexibility index (Phi) is 5.29. The fraction of sp³-hybridized carbons (Fsp3) is 0.444. The van der Waals surface area contributed by atoms with Gasteiger partial charge in [0.15, 0.2) is 5.82 Å². The molecule has 0 bridgehead atoms. The summed E-state index contributed by atoms with van der Waals surface area (Å²) in [4.78, 5) is 3.76. The first kappa shape index (κ1) is 15.1. The van der Waals surface area contributed by atoms with Gasteiger partial charge in [-0.2, -0.15) is 0 Å². The molecule has 0 saturated carbocycles. The normalized spacial score (nSPS) is 13.3. The summed E-state index contributed by atoms with van der Waals surface area (Å²) >= 11 is 5.81. The first-order chi connectivity index (χ1) is 8.40. The molecule has 102 valence electrons. The Morgan fingerprint density at radius 2 is 2.28 bits per heavy atom. The maximum absolute atomic E-state index is 12.0. The van der Waals surface area contributed by atoms with Gasteiger partial charge in [0.2, 0.25) is 10.0 Å². The van der Waals surface area contributed by atoms with Crippen LogP contribution in [0.4, 0.5) is 5.82 Å². The second-order valence-electron chi connectivity index (χ2n) is 3.62. The van der Waals surface area contributed by atoms with Crippen LogP contribution in [0.2, 0.25) is 5.02 Å². The molecule has 1 rings (SSSR count). The number of rotatable bonds is 6. The highest BCUT2D eigenvalue weighted by Crippen LogP contribution is 2.21. The molecular formula is C9H15ClN4O3S. The van der Waals surface area contributed by atoms with E-state index in [1.807, 2.05) is 0 Å². The Hall–Kier alpha value is -0.930. The fourth-order valence-corrected chi connectivity index (χ4v) is 2.77. The van der Waals surface area contributed by atoms with E-state index < -0.39 is 10.0 Å². The quantitative estimate of drug-likeness (QED) is 0.516. The van der Waals surface area contributed by atoms with Crippen LogP contribution in [0.15, 0.2) is 17.2 Å². The molecule has 1 aromatic rings. The van der Waals surface area contributed by atoms with Gasteiger partial charge < -0.3 is 10.2 Å². The van der Waals surface area contributed by atoms with Crippen LogP contribution in [0.25, 0.3) is 0 Å². The number of anilines is 1. The number of pyridine rings is 1. The summed E-state index contributed by atoms with van der Waals surface area (Å²) in [6.07, 6.45) is 1.17. The number of halogens is 1. The van der Waals surface area contributed by atoms with Crippen LogP contribution < -0.4 is 16.0 Å². The molecule has 1 atom stereocenters. The minimum Gasteiger partial charge on any atom is -0.383 e. The summed E-state index contributed by atoms with van der Waals surface area (Å²) in [5.74, 6) is 5.36. The first-order valence-corrected chi connectivity index (χ1v) is 6.90. The molecule has 0 aromatic carbocycles. The molecular weight excluding hydrogens is 280 g/mol. The number of hydrogen-bond donors (Lipinski definition) is 3. The van der Waals surface area contributed by atoms with Crippen LogP contribution in [0, 0.1) is 0 Å². The smallest absolute Gasteiger partial charge is 0.242 e. The number of sulfonamides is 1. The molecule has 0 fully saturated rings. The van der Waals surface area contributed by atoms with E-state index in [1.54, 1.807) is 6.92 Å². The Morgan fingerprint density at radius 3 is 2.78 bits per heavy atom. The zero-order valence-corrected chi connectivity index (χ0v) is 11.5. The average Bonchev–Trinajstić information content (AvgIpc) is 2.28. The van der Waals surface area contributed by atoms with Crippen molar-refractivity contribution in [1.29, 1.82) is 0 Å². The summed E-state index contributed by atoms with van der Waals surface area (Å²) in [6.45, 7) is 1.95. The van der Waals surface area contributed by atoms with Crippen molar-refractivity contribution in [1.82, 2.24) is 9.71 Å². The zero-order valence-electron chi connectivity index (χ0n) is 9.97. The Balaban J connectivity index is 2.95. The number of methoxy groups -OCH3 is 1. The molecule has 18 heavy (non-hydrogen) atoms. The number of ether oxygens (including phenoxy) is 1. The summed E-state index contributed by atoms with van der Waals surface area (Å²) in [7, 11) is -2.18. The Labute approximate surface area is 111 Å². The number of hydrogen-bond acceptors (Lipinski definition) is 6. The summed E-state index contributed by atoms with van der Waals surface area (Å²) in [6, 6.07) is 0.914. The first-order valence-electron chi connectivity index (χ1n) is 5.04. The maximum atomic E-state index is 12.0. The van der Waals surface area contributed by atoms with E-state index in [1.165, 1.54) is 19.4 Å². The van der Waals surface area contributed by atoms with Gasteiger partial charge in [-0.25, -0.2) is 24.0 Å². The minimum atomic E-state index is -3.67. The molecule has 0 radical (unpaired) electrons. The third-order valence-electron chi connectivity index (χ3n) is 2.04. The lowest BCUT2D eigenvalue weighted by molar-refractivity contribution is 0.180. The highest BCUT2D eigenvalue weighted by molar-refractivity contribution is 7.89. The van der Waals surface area contributed by atoms with Crippen molar-refractivity contribution in [2.45, 2.75) is 17.9 Å².